The van der Waals surface area contributed by atoms with Gasteiger partial charge in [-0.05, 0) is 26.7 Å². The fourth-order valence-corrected chi connectivity index (χ4v) is 1.14. The molecule has 0 saturated carbocycles. The van der Waals surface area contributed by atoms with Gasteiger partial charge in [0.05, 0.1) is 6.10 Å². The topological polar surface area (TPSA) is 38.3 Å². The standard InChI is InChI=1S/C11H22ClNO2/c1-9(2)15-7-5-4-6-13-11(14)10(3)8-12/h9-10H,4-8H2,1-3H3,(H,13,14). The Bertz CT molecular complexity index is 174. The largest absolute Gasteiger partial charge is 0.379 e. The van der Waals surface area contributed by atoms with Gasteiger partial charge in [-0.15, -0.1) is 11.6 Å². The normalized spacial score (nSPS) is 12.9. The molecule has 1 atom stereocenters. The van der Waals surface area contributed by atoms with Crippen LogP contribution in [0.3, 0.4) is 0 Å². The van der Waals surface area contributed by atoms with E-state index in [1.807, 2.05) is 20.8 Å². The Morgan fingerprint density at radius 3 is 2.53 bits per heavy atom. The van der Waals surface area contributed by atoms with Gasteiger partial charge in [0.2, 0.25) is 5.91 Å². The summed E-state index contributed by atoms with van der Waals surface area (Å²) in [4.78, 5) is 11.3. The summed E-state index contributed by atoms with van der Waals surface area (Å²) in [5.41, 5.74) is 0. The molecule has 1 N–H and O–H groups in total. The minimum Gasteiger partial charge on any atom is -0.379 e. The van der Waals surface area contributed by atoms with Crippen LogP contribution in [-0.4, -0.2) is 31.0 Å². The molecule has 0 bridgehead atoms. The first-order valence-electron chi connectivity index (χ1n) is 5.53. The maximum Gasteiger partial charge on any atom is 0.224 e. The predicted octanol–water partition coefficient (Wildman–Crippen LogP) is 2.18. The number of carbonyl (C=O) groups excluding carboxylic acids is 1. The quantitative estimate of drug-likeness (QED) is 0.517. The molecule has 0 spiro atoms. The summed E-state index contributed by atoms with van der Waals surface area (Å²) in [6.45, 7) is 7.33. The molecule has 0 radical (unpaired) electrons. The third-order valence-electron chi connectivity index (χ3n) is 2.00. The summed E-state index contributed by atoms with van der Waals surface area (Å²) < 4.78 is 5.38. The number of amides is 1. The second kappa shape index (κ2) is 8.98. The highest BCUT2D eigenvalue weighted by Crippen LogP contribution is 1.98. The molecule has 90 valence electrons. The van der Waals surface area contributed by atoms with Gasteiger partial charge in [-0.25, -0.2) is 0 Å². The Balaban J connectivity index is 3.27. The van der Waals surface area contributed by atoms with Crippen LogP contribution in [0.2, 0.25) is 0 Å². The van der Waals surface area contributed by atoms with E-state index < -0.39 is 0 Å². The highest BCUT2D eigenvalue weighted by Gasteiger charge is 2.09. The summed E-state index contributed by atoms with van der Waals surface area (Å²) in [6.07, 6.45) is 2.22. The molecular weight excluding hydrogens is 214 g/mol. The SMILES string of the molecule is CC(C)OCCCCNC(=O)C(C)CCl. The molecule has 1 unspecified atom stereocenters. The zero-order valence-electron chi connectivity index (χ0n) is 9.88. The van der Waals surface area contributed by atoms with E-state index in [2.05, 4.69) is 5.32 Å². The van der Waals surface area contributed by atoms with Gasteiger partial charge in [-0.2, -0.15) is 0 Å². The minimum atomic E-state index is -0.0985. The van der Waals surface area contributed by atoms with Crippen LogP contribution in [0.1, 0.15) is 33.6 Å². The predicted molar refractivity (Wildman–Crippen MR) is 63.2 cm³/mol. The Morgan fingerprint density at radius 2 is 2.00 bits per heavy atom. The number of hydrogen-bond donors (Lipinski definition) is 1. The van der Waals surface area contributed by atoms with E-state index >= 15 is 0 Å². The molecule has 0 heterocycles. The lowest BCUT2D eigenvalue weighted by molar-refractivity contribution is -0.123. The van der Waals surface area contributed by atoms with E-state index in [9.17, 15) is 4.79 Å². The monoisotopic (exact) mass is 235 g/mol. The Hall–Kier alpha value is -0.280. The maximum atomic E-state index is 11.3. The second-order valence-electron chi connectivity index (χ2n) is 3.97. The highest BCUT2D eigenvalue weighted by atomic mass is 35.5. The van der Waals surface area contributed by atoms with E-state index in [1.54, 1.807) is 0 Å². The van der Waals surface area contributed by atoms with Crippen molar-refractivity contribution in [3.8, 4) is 0 Å². The summed E-state index contributed by atoms with van der Waals surface area (Å²) in [5.74, 6) is 0.316. The zero-order chi connectivity index (χ0) is 11.7. The van der Waals surface area contributed by atoms with Crippen LogP contribution < -0.4 is 5.32 Å². The average molecular weight is 236 g/mol. The van der Waals surface area contributed by atoms with Gasteiger partial charge in [0.15, 0.2) is 0 Å². The van der Waals surface area contributed by atoms with Gasteiger partial charge in [-0.3, -0.25) is 4.79 Å². The van der Waals surface area contributed by atoms with Crippen molar-refractivity contribution in [2.75, 3.05) is 19.0 Å². The number of rotatable bonds is 8. The van der Waals surface area contributed by atoms with Gasteiger partial charge in [0.25, 0.3) is 0 Å². The number of hydrogen-bond acceptors (Lipinski definition) is 2. The number of ether oxygens (including phenoxy) is 1. The van der Waals surface area contributed by atoms with Crippen LogP contribution in [0.4, 0.5) is 0 Å². The molecule has 0 aromatic rings. The Morgan fingerprint density at radius 1 is 1.33 bits per heavy atom. The summed E-state index contributed by atoms with van der Waals surface area (Å²) in [5, 5.41) is 2.84. The molecule has 0 aromatic carbocycles. The van der Waals surface area contributed by atoms with Crippen LogP contribution in [-0.2, 0) is 9.53 Å². The fraction of sp³-hybridized carbons (Fsp3) is 0.909. The lowest BCUT2D eigenvalue weighted by atomic mass is 10.2. The van der Waals surface area contributed by atoms with Crippen LogP contribution in [0, 0.1) is 5.92 Å². The lowest BCUT2D eigenvalue weighted by Crippen LogP contribution is -2.30. The summed E-state index contributed by atoms with van der Waals surface area (Å²) in [6, 6.07) is 0. The molecule has 0 aliphatic rings. The first-order valence-corrected chi connectivity index (χ1v) is 6.06. The van der Waals surface area contributed by atoms with E-state index in [-0.39, 0.29) is 17.9 Å². The first kappa shape index (κ1) is 14.7. The van der Waals surface area contributed by atoms with Crippen LogP contribution in [0.15, 0.2) is 0 Å². The van der Waals surface area contributed by atoms with E-state index in [0.29, 0.717) is 12.4 Å². The molecule has 0 aliphatic carbocycles. The maximum absolute atomic E-state index is 11.3. The smallest absolute Gasteiger partial charge is 0.224 e. The molecular formula is C11H22ClNO2. The molecule has 0 aromatic heterocycles. The fourth-order valence-electron chi connectivity index (χ4n) is 1.00. The average Bonchev–Trinajstić information content (AvgIpc) is 2.21. The highest BCUT2D eigenvalue weighted by molar-refractivity contribution is 6.19. The van der Waals surface area contributed by atoms with Crippen molar-refractivity contribution in [3.63, 3.8) is 0 Å². The number of alkyl halides is 1. The summed E-state index contributed by atoms with van der Waals surface area (Å²) in [7, 11) is 0. The van der Waals surface area contributed by atoms with Crippen molar-refractivity contribution in [2.24, 2.45) is 5.92 Å². The molecule has 0 aliphatic heterocycles. The first-order chi connectivity index (χ1) is 7.07. The van der Waals surface area contributed by atoms with Gasteiger partial charge >= 0.3 is 0 Å². The summed E-state index contributed by atoms with van der Waals surface area (Å²) >= 11 is 5.56. The van der Waals surface area contributed by atoms with Crippen molar-refractivity contribution in [1.82, 2.24) is 5.32 Å². The molecule has 0 saturated heterocycles. The second-order valence-corrected chi connectivity index (χ2v) is 4.28. The van der Waals surface area contributed by atoms with Crippen molar-refractivity contribution in [2.45, 2.75) is 39.7 Å². The molecule has 4 heteroatoms. The molecule has 0 rings (SSSR count). The van der Waals surface area contributed by atoms with Gasteiger partial charge in [0.1, 0.15) is 0 Å². The van der Waals surface area contributed by atoms with Gasteiger partial charge < -0.3 is 10.1 Å². The number of halogens is 1. The molecule has 15 heavy (non-hydrogen) atoms. The zero-order valence-corrected chi connectivity index (χ0v) is 10.6. The van der Waals surface area contributed by atoms with Crippen molar-refractivity contribution in [3.05, 3.63) is 0 Å². The van der Waals surface area contributed by atoms with Crippen molar-refractivity contribution in [1.29, 1.82) is 0 Å². The number of unbranched alkanes of at least 4 members (excludes halogenated alkanes) is 1. The van der Waals surface area contributed by atoms with Crippen LogP contribution in [0.5, 0.6) is 0 Å². The number of nitrogens with one attached hydrogen (secondary N) is 1. The molecule has 1 amide bonds. The van der Waals surface area contributed by atoms with Gasteiger partial charge in [0, 0.05) is 24.9 Å². The van der Waals surface area contributed by atoms with Crippen molar-refractivity contribution >= 4 is 17.5 Å². The minimum absolute atomic E-state index is 0.0368. The molecule has 0 fully saturated rings. The Kier molecular flexibility index (Phi) is 8.82. The van der Waals surface area contributed by atoms with Crippen molar-refractivity contribution < 1.29 is 9.53 Å². The van der Waals surface area contributed by atoms with E-state index in [4.69, 9.17) is 16.3 Å². The molecule has 3 nitrogen and oxygen atoms in total. The van der Waals surface area contributed by atoms with Crippen LogP contribution in [0.25, 0.3) is 0 Å². The van der Waals surface area contributed by atoms with E-state index in [0.717, 1.165) is 19.4 Å². The number of carbonyl (C=O) groups is 1. The van der Waals surface area contributed by atoms with Crippen LogP contribution >= 0.6 is 11.6 Å². The lowest BCUT2D eigenvalue weighted by Gasteiger charge is -2.10. The Labute approximate surface area is 97.5 Å². The van der Waals surface area contributed by atoms with Gasteiger partial charge in [-0.1, -0.05) is 6.92 Å². The third kappa shape index (κ3) is 8.70. The third-order valence-corrected chi connectivity index (χ3v) is 2.46. The van der Waals surface area contributed by atoms with E-state index in [1.165, 1.54) is 0 Å².